The van der Waals surface area contributed by atoms with Gasteiger partial charge in [-0.15, -0.1) is 0 Å². The zero-order valence-corrected chi connectivity index (χ0v) is 17.7. The normalized spacial score (nSPS) is 14.0. The maximum absolute atomic E-state index is 12.7. The van der Waals surface area contributed by atoms with Gasteiger partial charge < -0.3 is 15.1 Å². The molecule has 1 N–H and O–H groups in total. The molecule has 2 aromatic carbocycles. The first kappa shape index (κ1) is 20.9. The second-order valence-electron chi connectivity index (χ2n) is 7.59. The molecule has 3 rings (SSSR count). The Morgan fingerprint density at radius 2 is 1.55 bits per heavy atom. The van der Waals surface area contributed by atoms with E-state index < -0.39 is 0 Å². The summed E-state index contributed by atoms with van der Waals surface area (Å²) in [6.07, 6.45) is 1.59. The molecule has 1 fully saturated rings. The van der Waals surface area contributed by atoms with Crippen molar-refractivity contribution in [3.63, 3.8) is 0 Å². The molecule has 0 spiro atoms. The number of piperazine rings is 1. The standard InChI is InChI=1S/C24H31N3O2/c1-4-19-9-7-10-20(5-2)24(19)25-22(28)17-23(29)27-14-12-26(13-15-27)21-11-6-8-18(3)16-21/h6-11,16H,4-5,12-15,17H2,1-3H3,(H,25,28). The summed E-state index contributed by atoms with van der Waals surface area (Å²) < 4.78 is 0. The van der Waals surface area contributed by atoms with Gasteiger partial charge in [-0.2, -0.15) is 0 Å². The lowest BCUT2D eigenvalue weighted by molar-refractivity contribution is -0.134. The van der Waals surface area contributed by atoms with Gasteiger partial charge in [-0.3, -0.25) is 9.59 Å². The van der Waals surface area contributed by atoms with E-state index in [2.05, 4.69) is 55.3 Å². The van der Waals surface area contributed by atoms with E-state index in [1.807, 2.05) is 18.2 Å². The van der Waals surface area contributed by atoms with Gasteiger partial charge in [-0.05, 0) is 48.6 Å². The molecule has 0 saturated carbocycles. The molecular formula is C24H31N3O2. The highest BCUT2D eigenvalue weighted by Crippen LogP contribution is 2.23. The third-order valence-electron chi connectivity index (χ3n) is 5.57. The van der Waals surface area contributed by atoms with Crippen molar-refractivity contribution < 1.29 is 9.59 Å². The predicted octanol–water partition coefficient (Wildman–Crippen LogP) is 3.80. The number of nitrogens with one attached hydrogen (secondary N) is 1. The Hall–Kier alpha value is -2.82. The second-order valence-corrected chi connectivity index (χ2v) is 7.59. The molecule has 1 saturated heterocycles. The SMILES string of the molecule is CCc1cccc(CC)c1NC(=O)CC(=O)N1CCN(c2cccc(C)c2)CC1. The van der Waals surface area contributed by atoms with Gasteiger partial charge in [0.25, 0.3) is 0 Å². The van der Waals surface area contributed by atoms with Crippen LogP contribution in [0, 0.1) is 6.92 Å². The number of rotatable bonds is 6. The number of hydrogen-bond acceptors (Lipinski definition) is 3. The topological polar surface area (TPSA) is 52.7 Å². The maximum Gasteiger partial charge on any atom is 0.233 e. The summed E-state index contributed by atoms with van der Waals surface area (Å²) in [6, 6.07) is 14.5. The molecule has 1 aliphatic heterocycles. The van der Waals surface area contributed by atoms with Crippen LogP contribution in [0.4, 0.5) is 11.4 Å². The fourth-order valence-corrected chi connectivity index (χ4v) is 3.87. The number of carbonyl (C=O) groups is 2. The monoisotopic (exact) mass is 393 g/mol. The van der Waals surface area contributed by atoms with Crippen LogP contribution in [-0.4, -0.2) is 42.9 Å². The number of anilines is 2. The summed E-state index contributed by atoms with van der Waals surface area (Å²) in [7, 11) is 0. The third kappa shape index (κ3) is 5.17. The van der Waals surface area contributed by atoms with Crippen LogP contribution >= 0.6 is 0 Å². The lowest BCUT2D eigenvalue weighted by atomic mass is 10.0. The molecule has 0 bridgehead atoms. The average molecular weight is 394 g/mol. The lowest BCUT2D eigenvalue weighted by Crippen LogP contribution is -2.49. The molecule has 5 heteroatoms. The molecule has 29 heavy (non-hydrogen) atoms. The summed E-state index contributed by atoms with van der Waals surface area (Å²) in [6.45, 7) is 9.09. The molecule has 0 aliphatic carbocycles. The van der Waals surface area contributed by atoms with E-state index in [0.29, 0.717) is 13.1 Å². The molecule has 1 aliphatic rings. The zero-order valence-electron chi connectivity index (χ0n) is 17.7. The third-order valence-corrected chi connectivity index (χ3v) is 5.57. The minimum Gasteiger partial charge on any atom is -0.368 e. The minimum absolute atomic E-state index is 0.0987. The Balaban J connectivity index is 1.56. The van der Waals surface area contributed by atoms with Crippen molar-refractivity contribution in [2.24, 2.45) is 0 Å². The van der Waals surface area contributed by atoms with Crippen molar-refractivity contribution in [2.45, 2.75) is 40.0 Å². The van der Waals surface area contributed by atoms with E-state index in [4.69, 9.17) is 0 Å². The van der Waals surface area contributed by atoms with Crippen molar-refractivity contribution >= 4 is 23.2 Å². The molecule has 0 aromatic heterocycles. The van der Waals surface area contributed by atoms with Crippen LogP contribution in [0.1, 0.15) is 37.0 Å². The van der Waals surface area contributed by atoms with Crippen molar-refractivity contribution in [3.8, 4) is 0 Å². The molecule has 2 aromatic rings. The van der Waals surface area contributed by atoms with Crippen molar-refractivity contribution in [2.75, 3.05) is 36.4 Å². The van der Waals surface area contributed by atoms with E-state index in [1.165, 1.54) is 11.3 Å². The smallest absolute Gasteiger partial charge is 0.233 e. The van der Waals surface area contributed by atoms with E-state index in [0.717, 1.165) is 42.7 Å². The van der Waals surface area contributed by atoms with Gasteiger partial charge in [0.2, 0.25) is 11.8 Å². The van der Waals surface area contributed by atoms with Crippen LogP contribution in [0.15, 0.2) is 42.5 Å². The maximum atomic E-state index is 12.7. The van der Waals surface area contributed by atoms with Gasteiger partial charge in [0.15, 0.2) is 0 Å². The highest BCUT2D eigenvalue weighted by atomic mass is 16.2. The van der Waals surface area contributed by atoms with Gasteiger partial charge in [0, 0.05) is 37.6 Å². The molecule has 0 radical (unpaired) electrons. The Bertz CT molecular complexity index is 848. The summed E-state index contributed by atoms with van der Waals surface area (Å²) in [5.74, 6) is -0.329. The summed E-state index contributed by atoms with van der Waals surface area (Å²) in [4.78, 5) is 29.3. The van der Waals surface area contributed by atoms with E-state index in [9.17, 15) is 9.59 Å². The first-order valence-electron chi connectivity index (χ1n) is 10.5. The number of benzene rings is 2. The van der Waals surface area contributed by atoms with E-state index in [1.54, 1.807) is 4.90 Å². The quantitative estimate of drug-likeness (QED) is 0.760. The van der Waals surface area contributed by atoms with Gasteiger partial charge in [0.05, 0.1) is 0 Å². The van der Waals surface area contributed by atoms with Gasteiger partial charge in [-0.25, -0.2) is 0 Å². The van der Waals surface area contributed by atoms with Crippen LogP contribution in [0.5, 0.6) is 0 Å². The summed E-state index contributed by atoms with van der Waals surface area (Å²) >= 11 is 0. The highest BCUT2D eigenvalue weighted by Gasteiger charge is 2.23. The fraction of sp³-hybridized carbons (Fsp3) is 0.417. The molecule has 0 atom stereocenters. The molecule has 2 amide bonds. The van der Waals surface area contributed by atoms with Crippen molar-refractivity contribution in [1.82, 2.24) is 4.90 Å². The van der Waals surface area contributed by atoms with Gasteiger partial charge in [-0.1, -0.05) is 44.2 Å². The van der Waals surface area contributed by atoms with Gasteiger partial charge >= 0.3 is 0 Å². The van der Waals surface area contributed by atoms with Crippen LogP contribution in [-0.2, 0) is 22.4 Å². The summed E-state index contributed by atoms with van der Waals surface area (Å²) in [5, 5.41) is 2.99. The Kier molecular flexibility index (Phi) is 6.91. The van der Waals surface area contributed by atoms with Crippen LogP contribution in [0.3, 0.4) is 0 Å². The Morgan fingerprint density at radius 1 is 0.931 bits per heavy atom. The second kappa shape index (κ2) is 9.59. The van der Waals surface area contributed by atoms with Crippen LogP contribution in [0.25, 0.3) is 0 Å². The van der Waals surface area contributed by atoms with Gasteiger partial charge in [0.1, 0.15) is 6.42 Å². The van der Waals surface area contributed by atoms with Crippen LogP contribution < -0.4 is 10.2 Å². The number of para-hydroxylation sites is 1. The largest absolute Gasteiger partial charge is 0.368 e. The first-order valence-corrected chi connectivity index (χ1v) is 10.5. The molecule has 5 nitrogen and oxygen atoms in total. The number of nitrogens with zero attached hydrogens (tertiary/aromatic N) is 2. The fourth-order valence-electron chi connectivity index (χ4n) is 3.87. The van der Waals surface area contributed by atoms with Crippen molar-refractivity contribution in [3.05, 3.63) is 59.2 Å². The molecule has 1 heterocycles. The number of hydrogen-bond donors (Lipinski definition) is 1. The molecular weight excluding hydrogens is 362 g/mol. The highest BCUT2D eigenvalue weighted by molar-refractivity contribution is 6.04. The molecule has 0 unspecified atom stereocenters. The number of carbonyl (C=O) groups excluding carboxylic acids is 2. The Labute approximate surface area is 173 Å². The van der Waals surface area contributed by atoms with E-state index >= 15 is 0 Å². The van der Waals surface area contributed by atoms with Crippen LogP contribution in [0.2, 0.25) is 0 Å². The number of amides is 2. The van der Waals surface area contributed by atoms with E-state index in [-0.39, 0.29) is 18.2 Å². The zero-order chi connectivity index (χ0) is 20.8. The Morgan fingerprint density at radius 3 is 2.14 bits per heavy atom. The first-order chi connectivity index (χ1) is 14.0. The average Bonchev–Trinajstić information content (AvgIpc) is 2.74. The predicted molar refractivity (Wildman–Crippen MR) is 118 cm³/mol. The number of aryl methyl sites for hydroxylation is 3. The lowest BCUT2D eigenvalue weighted by Gasteiger charge is -2.36. The molecule has 154 valence electrons. The minimum atomic E-state index is -0.230. The van der Waals surface area contributed by atoms with Crippen molar-refractivity contribution in [1.29, 1.82) is 0 Å². The summed E-state index contributed by atoms with van der Waals surface area (Å²) in [5.41, 5.74) is 5.52.